The van der Waals surface area contributed by atoms with Gasteiger partial charge in [-0.2, -0.15) is 18.2 Å². The number of hydrogen-bond donors (Lipinski definition) is 1. The third kappa shape index (κ3) is 2.96. The maximum atomic E-state index is 12.8. The van der Waals surface area contributed by atoms with Crippen LogP contribution in [0.25, 0.3) is 11.5 Å². The predicted octanol–water partition coefficient (Wildman–Crippen LogP) is 3.93. The molecule has 112 valence electrons. The number of nitrogens with two attached hydrogens (primary N) is 1. The molecule has 1 fully saturated rings. The zero-order valence-electron chi connectivity index (χ0n) is 10.7. The van der Waals surface area contributed by atoms with Gasteiger partial charge in [-0.25, -0.2) is 0 Å². The highest BCUT2D eigenvalue weighted by molar-refractivity contribution is 9.10. The standard InChI is InChI=1S/C13H11BrF3N3O/c14-9-4-3-7(13(15,16)17)5-8(9)12-19-11(20-21-12)10(18)6-1-2-6/h3-6,10H,1-2,18H2. The van der Waals surface area contributed by atoms with Crippen LogP contribution in [0.2, 0.25) is 0 Å². The third-order valence-corrected chi connectivity index (χ3v) is 4.09. The molecule has 1 aliphatic rings. The molecule has 21 heavy (non-hydrogen) atoms. The van der Waals surface area contributed by atoms with E-state index in [9.17, 15) is 13.2 Å². The zero-order valence-corrected chi connectivity index (χ0v) is 12.3. The second-order valence-electron chi connectivity index (χ2n) is 5.01. The summed E-state index contributed by atoms with van der Waals surface area (Å²) in [6.45, 7) is 0. The summed E-state index contributed by atoms with van der Waals surface area (Å²) in [5.41, 5.74) is 5.38. The lowest BCUT2D eigenvalue weighted by atomic mass is 10.1. The summed E-state index contributed by atoms with van der Waals surface area (Å²) in [6.07, 6.45) is -2.40. The maximum absolute atomic E-state index is 12.8. The van der Waals surface area contributed by atoms with Gasteiger partial charge in [0.1, 0.15) is 0 Å². The van der Waals surface area contributed by atoms with Crippen molar-refractivity contribution in [3.63, 3.8) is 0 Å². The Bertz CT molecular complexity index is 667. The molecule has 2 aromatic rings. The topological polar surface area (TPSA) is 64.9 Å². The van der Waals surface area contributed by atoms with Crippen molar-refractivity contribution in [3.8, 4) is 11.5 Å². The van der Waals surface area contributed by atoms with Gasteiger partial charge in [-0.3, -0.25) is 0 Å². The Morgan fingerprint density at radius 2 is 2.05 bits per heavy atom. The van der Waals surface area contributed by atoms with Crippen LogP contribution in [-0.2, 0) is 6.18 Å². The van der Waals surface area contributed by atoms with Crippen molar-refractivity contribution in [1.82, 2.24) is 10.1 Å². The minimum absolute atomic E-state index is 0.0269. The summed E-state index contributed by atoms with van der Waals surface area (Å²) in [6, 6.07) is 2.94. The van der Waals surface area contributed by atoms with E-state index in [1.165, 1.54) is 6.07 Å². The van der Waals surface area contributed by atoms with Gasteiger partial charge < -0.3 is 10.3 Å². The number of nitrogens with zero attached hydrogens (tertiary/aromatic N) is 2. The van der Waals surface area contributed by atoms with Crippen molar-refractivity contribution in [2.75, 3.05) is 0 Å². The number of rotatable bonds is 3. The van der Waals surface area contributed by atoms with Crippen molar-refractivity contribution < 1.29 is 17.7 Å². The van der Waals surface area contributed by atoms with Gasteiger partial charge in [0.05, 0.1) is 17.2 Å². The Kier molecular flexibility index (Phi) is 3.53. The van der Waals surface area contributed by atoms with Crippen molar-refractivity contribution >= 4 is 15.9 Å². The Morgan fingerprint density at radius 1 is 1.33 bits per heavy atom. The Balaban J connectivity index is 1.96. The first-order chi connectivity index (χ1) is 9.86. The first kappa shape index (κ1) is 14.5. The molecule has 1 aromatic carbocycles. The summed E-state index contributed by atoms with van der Waals surface area (Å²) < 4.78 is 43.8. The van der Waals surface area contributed by atoms with Gasteiger partial charge in [-0.1, -0.05) is 5.16 Å². The number of aromatic nitrogens is 2. The Hall–Kier alpha value is -1.41. The van der Waals surface area contributed by atoms with Gasteiger partial charge in [0.2, 0.25) is 0 Å². The van der Waals surface area contributed by atoms with Crippen molar-refractivity contribution in [2.45, 2.75) is 25.1 Å². The molecule has 4 nitrogen and oxygen atoms in total. The smallest absolute Gasteiger partial charge is 0.334 e. The minimum Gasteiger partial charge on any atom is -0.334 e. The normalized spacial score (nSPS) is 17.0. The molecule has 0 spiro atoms. The van der Waals surface area contributed by atoms with Gasteiger partial charge in [0, 0.05) is 4.47 Å². The van der Waals surface area contributed by atoms with E-state index in [0.29, 0.717) is 16.2 Å². The highest BCUT2D eigenvalue weighted by atomic mass is 79.9. The summed E-state index contributed by atoms with van der Waals surface area (Å²) in [4.78, 5) is 4.13. The Morgan fingerprint density at radius 3 is 2.67 bits per heavy atom. The lowest BCUT2D eigenvalue weighted by Crippen LogP contribution is -2.13. The van der Waals surface area contributed by atoms with Gasteiger partial charge in [-0.15, -0.1) is 0 Å². The monoisotopic (exact) mass is 361 g/mol. The van der Waals surface area contributed by atoms with E-state index >= 15 is 0 Å². The summed E-state index contributed by atoms with van der Waals surface area (Å²) in [7, 11) is 0. The van der Waals surface area contributed by atoms with Crippen LogP contribution in [0.3, 0.4) is 0 Å². The van der Waals surface area contributed by atoms with Gasteiger partial charge in [0.25, 0.3) is 5.89 Å². The fraction of sp³-hybridized carbons (Fsp3) is 0.385. The second-order valence-corrected chi connectivity index (χ2v) is 5.87. The number of benzene rings is 1. The molecule has 1 saturated carbocycles. The van der Waals surface area contributed by atoms with E-state index < -0.39 is 11.7 Å². The molecule has 1 heterocycles. The number of halogens is 4. The number of hydrogen-bond acceptors (Lipinski definition) is 4. The molecule has 2 N–H and O–H groups in total. The summed E-state index contributed by atoms with van der Waals surface area (Å²) >= 11 is 3.20. The average Bonchev–Trinajstić information content (AvgIpc) is 3.15. The van der Waals surface area contributed by atoms with Crippen LogP contribution in [0.5, 0.6) is 0 Å². The van der Waals surface area contributed by atoms with Crippen molar-refractivity contribution in [2.24, 2.45) is 11.7 Å². The second kappa shape index (κ2) is 5.10. The van der Waals surface area contributed by atoms with Gasteiger partial charge in [0.15, 0.2) is 5.82 Å². The van der Waals surface area contributed by atoms with Crippen LogP contribution < -0.4 is 5.73 Å². The SMILES string of the molecule is NC(c1noc(-c2cc(C(F)(F)F)ccc2Br)n1)C1CC1. The largest absolute Gasteiger partial charge is 0.416 e. The molecular formula is C13H11BrF3N3O. The van der Waals surface area contributed by atoms with E-state index in [-0.39, 0.29) is 17.5 Å². The molecule has 1 aromatic heterocycles. The fourth-order valence-corrected chi connectivity index (χ4v) is 2.43. The van der Waals surface area contributed by atoms with Crippen LogP contribution in [0.1, 0.15) is 30.3 Å². The molecule has 0 saturated heterocycles. The molecule has 1 unspecified atom stereocenters. The lowest BCUT2D eigenvalue weighted by Gasteiger charge is -2.08. The molecule has 3 rings (SSSR count). The quantitative estimate of drug-likeness (QED) is 0.899. The van der Waals surface area contributed by atoms with Crippen molar-refractivity contribution in [1.29, 1.82) is 0 Å². The maximum Gasteiger partial charge on any atom is 0.416 e. The van der Waals surface area contributed by atoms with Crippen LogP contribution >= 0.6 is 15.9 Å². The summed E-state index contributed by atoms with van der Waals surface area (Å²) in [5.74, 6) is 0.691. The van der Waals surface area contributed by atoms with Crippen LogP contribution in [-0.4, -0.2) is 10.1 Å². The molecule has 1 atom stereocenters. The van der Waals surface area contributed by atoms with Crippen LogP contribution in [0.4, 0.5) is 13.2 Å². The average molecular weight is 362 g/mol. The van der Waals surface area contributed by atoms with Gasteiger partial charge in [-0.05, 0) is 52.9 Å². The first-order valence-electron chi connectivity index (χ1n) is 6.32. The van der Waals surface area contributed by atoms with E-state index in [1.807, 2.05) is 0 Å². The molecule has 0 amide bonds. The molecule has 1 aliphatic carbocycles. The van der Waals surface area contributed by atoms with Crippen LogP contribution in [0.15, 0.2) is 27.2 Å². The molecule has 0 aliphatic heterocycles. The van der Waals surface area contributed by atoms with Crippen LogP contribution in [0, 0.1) is 5.92 Å². The van der Waals surface area contributed by atoms with E-state index in [1.54, 1.807) is 0 Å². The minimum atomic E-state index is -4.43. The lowest BCUT2D eigenvalue weighted by molar-refractivity contribution is -0.137. The van der Waals surface area contributed by atoms with E-state index in [4.69, 9.17) is 10.3 Å². The third-order valence-electron chi connectivity index (χ3n) is 3.39. The van der Waals surface area contributed by atoms with E-state index in [0.717, 1.165) is 25.0 Å². The number of alkyl halides is 3. The van der Waals surface area contributed by atoms with E-state index in [2.05, 4.69) is 26.1 Å². The fourth-order valence-electron chi connectivity index (χ4n) is 2.01. The zero-order chi connectivity index (χ0) is 15.2. The van der Waals surface area contributed by atoms with Gasteiger partial charge >= 0.3 is 6.18 Å². The highest BCUT2D eigenvalue weighted by Crippen LogP contribution is 2.40. The molecular weight excluding hydrogens is 351 g/mol. The molecule has 0 bridgehead atoms. The Labute approximate surface area is 126 Å². The first-order valence-corrected chi connectivity index (χ1v) is 7.12. The highest BCUT2D eigenvalue weighted by Gasteiger charge is 2.34. The molecule has 0 radical (unpaired) electrons. The predicted molar refractivity (Wildman–Crippen MR) is 72.1 cm³/mol. The summed E-state index contributed by atoms with van der Waals surface area (Å²) in [5, 5.41) is 3.77. The van der Waals surface area contributed by atoms with Crippen molar-refractivity contribution in [3.05, 3.63) is 34.1 Å². The molecule has 8 heteroatoms.